The zero-order chi connectivity index (χ0) is 19.6. The van der Waals surface area contributed by atoms with Crippen LogP contribution in [-0.4, -0.2) is 56.7 Å². The molecule has 1 aliphatic rings. The molecule has 1 aliphatic heterocycles. The van der Waals surface area contributed by atoms with E-state index in [2.05, 4.69) is 22.1 Å². The van der Waals surface area contributed by atoms with E-state index in [0.717, 1.165) is 31.9 Å². The van der Waals surface area contributed by atoms with E-state index in [1.807, 2.05) is 6.92 Å². The molecule has 0 radical (unpaired) electrons. The number of carbonyl (C=O) groups is 1. The summed E-state index contributed by atoms with van der Waals surface area (Å²) in [7, 11) is 1.44. The van der Waals surface area contributed by atoms with Gasteiger partial charge in [0, 0.05) is 26.2 Å². The molecule has 2 unspecified atom stereocenters. The third kappa shape index (κ3) is 7.44. The summed E-state index contributed by atoms with van der Waals surface area (Å²) in [6.45, 7) is 7.56. The summed E-state index contributed by atoms with van der Waals surface area (Å²) in [6.07, 6.45) is 1.75. The highest BCUT2D eigenvalue weighted by Gasteiger charge is 2.36. The number of hydrogen-bond donors (Lipinski definition) is 1. The van der Waals surface area contributed by atoms with Crippen LogP contribution in [-0.2, 0) is 9.53 Å². The summed E-state index contributed by atoms with van der Waals surface area (Å²) >= 11 is 0. The number of unbranched alkanes of at least 4 members (excludes halogenated alkanes) is 1. The molecule has 0 amide bonds. The summed E-state index contributed by atoms with van der Waals surface area (Å²) in [5.74, 6) is 1.23. The first-order chi connectivity index (χ1) is 13.0. The lowest BCUT2D eigenvalue weighted by Gasteiger charge is -2.21. The molecule has 1 fully saturated rings. The average molecular weight is 507 g/mol. The standard InChI is InChI=1S/C20H30FN3O3.HI/c1-4-22-20(24-13-15(2)18(14-24)19(25)26-3)23-11-5-6-12-27-17-9-7-16(21)8-10-17;/h7-10,15,18H,4-6,11-14H2,1-3H3,(H,22,23);1H. The topological polar surface area (TPSA) is 63.2 Å². The van der Waals surface area contributed by atoms with Crippen molar-refractivity contribution in [2.75, 3.05) is 39.9 Å². The Morgan fingerprint density at radius 2 is 2.00 bits per heavy atom. The molecule has 2 atom stereocenters. The van der Waals surface area contributed by atoms with Crippen molar-refractivity contribution in [3.63, 3.8) is 0 Å². The van der Waals surface area contributed by atoms with Crippen molar-refractivity contribution < 1.29 is 18.7 Å². The van der Waals surface area contributed by atoms with Crippen molar-refractivity contribution in [2.45, 2.75) is 26.7 Å². The summed E-state index contributed by atoms with van der Waals surface area (Å²) in [4.78, 5) is 18.7. The maximum atomic E-state index is 12.8. The molecule has 8 heteroatoms. The van der Waals surface area contributed by atoms with Gasteiger partial charge in [-0.25, -0.2) is 4.39 Å². The van der Waals surface area contributed by atoms with E-state index in [0.29, 0.717) is 25.4 Å². The second-order valence-corrected chi connectivity index (χ2v) is 6.76. The van der Waals surface area contributed by atoms with Gasteiger partial charge in [-0.1, -0.05) is 6.92 Å². The van der Waals surface area contributed by atoms with Gasteiger partial charge in [0.1, 0.15) is 11.6 Å². The minimum absolute atomic E-state index is 0. The van der Waals surface area contributed by atoms with E-state index in [4.69, 9.17) is 9.47 Å². The third-order valence-corrected chi connectivity index (χ3v) is 4.65. The van der Waals surface area contributed by atoms with Crippen molar-refractivity contribution in [2.24, 2.45) is 16.8 Å². The molecule has 0 bridgehead atoms. The molecule has 158 valence electrons. The number of rotatable bonds is 8. The predicted molar refractivity (Wildman–Crippen MR) is 119 cm³/mol. The minimum atomic E-state index is -0.265. The highest BCUT2D eigenvalue weighted by atomic mass is 127. The van der Waals surface area contributed by atoms with Crippen molar-refractivity contribution in [1.29, 1.82) is 0 Å². The monoisotopic (exact) mass is 507 g/mol. The summed E-state index contributed by atoms with van der Waals surface area (Å²) in [6, 6.07) is 6.04. The van der Waals surface area contributed by atoms with Crippen LogP contribution < -0.4 is 10.1 Å². The van der Waals surface area contributed by atoms with Crippen molar-refractivity contribution in [1.82, 2.24) is 10.2 Å². The molecule has 6 nitrogen and oxygen atoms in total. The van der Waals surface area contributed by atoms with E-state index in [9.17, 15) is 9.18 Å². The first kappa shape index (κ1) is 24.5. The maximum Gasteiger partial charge on any atom is 0.310 e. The quantitative estimate of drug-likeness (QED) is 0.192. The molecule has 1 aromatic carbocycles. The van der Waals surface area contributed by atoms with Gasteiger partial charge in [-0.15, -0.1) is 24.0 Å². The normalized spacial score (nSPS) is 19.1. The number of hydrogen-bond acceptors (Lipinski definition) is 4. The molecule has 0 aliphatic carbocycles. The second-order valence-electron chi connectivity index (χ2n) is 6.76. The van der Waals surface area contributed by atoms with Crippen LogP contribution in [0.2, 0.25) is 0 Å². The number of nitrogens with zero attached hydrogens (tertiary/aromatic N) is 2. The molecule has 1 aromatic rings. The summed E-state index contributed by atoms with van der Waals surface area (Å²) in [5, 5.41) is 3.30. The fraction of sp³-hybridized carbons (Fsp3) is 0.600. The number of ether oxygens (including phenoxy) is 2. The van der Waals surface area contributed by atoms with Gasteiger partial charge >= 0.3 is 5.97 Å². The fourth-order valence-electron chi connectivity index (χ4n) is 3.14. The molecule has 0 spiro atoms. The largest absolute Gasteiger partial charge is 0.494 e. The Bertz CT molecular complexity index is 628. The first-order valence-corrected chi connectivity index (χ1v) is 9.54. The van der Waals surface area contributed by atoms with E-state index in [1.165, 1.54) is 19.2 Å². The molecular weight excluding hydrogens is 476 g/mol. The lowest BCUT2D eigenvalue weighted by molar-refractivity contribution is -0.145. The van der Waals surface area contributed by atoms with E-state index in [-0.39, 0.29) is 47.6 Å². The lowest BCUT2D eigenvalue weighted by atomic mass is 9.99. The molecule has 0 aromatic heterocycles. The zero-order valence-electron chi connectivity index (χ0n) is 16.8. The fourth-order valence-corrected chi connectivity index (χ4v) is 3.14. The van der Waals surface area contributed by atoms with Gasteiger partial charge in [-0.3, -0.25) is 9.79 Å². The second kappa shape index (κ2) is 12.8. The number of guanidine groups is 1. The number of methoxy groups -OCH3 is 1. The van der Waals surface area contributed by atoms with Gasteiger partial charge in [0.2, 0.25) is 0 Å². The van der Waals surface area contributed by atoms with Gasteiger partial charge in [-0.05, 0) is 49.9 Å². The van der Waals surface area contributed by atoms with Gasteiger partial charge < -0.3 is 19.7 Å². The third-order valence-electron chi connectivity index (χ3n) is 4.65. The van der Waals surface area contributed by atoms with Gasteiger partial charge in [0.05, 0.1) is 19.6 Å². The average Bonchev–Trinajstić information content (AvgIpc) is 3.06. The molecular formula is C20H31FIN3O3. The highest BCUT2D eigenvalue weighted by Crippen LogP contribution is 2.24. The summed E-state index contributed by atoms with van der Waals surface area (Å²) < 4.78 is 23.3. The van der Waals surface area contributed by atoms with E-state index < -0.39 is 0 Å². The van der Waals surface area contributed by atoms with Crippen molar-refractivity contribution >= 4 is 35.9 Å². The first-order valence-electron chi connectivity index (χ1n) is 9.54. The van der Waals surface area contributed by atoms with Crippen LogP contribution in [0.25, 0.3) is 0 Å². The Morgan fingerprint density at radius 1 is 1.29 bits per heavy atom. The summed E-state index contributed by atoms with van der Waals surface area (Å²) in [5.41, 5.74) is 0. The highest BCUT2D eigenvalue weighted by molar-refractivity contribution is 14.0. The van der Waals surface area contributed by atoms with Gasteiger partial charge in [0.25, 0.3) is 0 Å². The molecule has 1 heterocycles. The number of likely N-dealkylation sites (tertiary alicyclic amines) is 1. The number of aliphatic imine (C=N–C) groups is 1. The van der Waals surface area contributed by atoms with Crippen molar-refractivity contribution in [3.05, 3.63) is 30.1 Å². The SMILES string of the molecule is CCNC(=NCCCCOc1ccc(F)cc1)N1CC(C)C(C(=O)OC)C1.I. The Hall–Kier alpha value is -1.58. The smallest absolute Gasteiger partial charge is 0.310 e. The predicted octanol–water partition coefficient (Wildman–Crippen LogP) is 3.31. The molecule has 28 heavy (non-hydrogen) atoms. The Balaban J connectivity index is 0.00000392. The van der Waals surface area contributed by atoms with Crippen LogP contribution in [0.15, 0.2) is 29.3 Å². The number of nitrogens with one attached hydrogen (secondary N) is 1. The number of carbonyl (C=O) groups excluding carboxylic acids is 1. The zero-order valence-corrected chi connectivity index (χ0v) is 19.1. The van der Waals surface area contributed by atoms with Crippen LogP contribution in [0.1, 0.15) is 26.7 Å². The molecule has 2 rings (SSSR count). The van der Waals surface area contributed by atoms with Crippen LogP contribution >= 0.6 is 24.0 Å². The van der Waals surface area contributed by atoms with Crippen LogP contribution in [0.5, 0.6) is 5.75 Å². The Morgan fingerprint density at radius 3 is 2.64 bits per heavy atom. The molecule has 1 saturated heterocycles. The van der Waals surface area contributed by atoms with E-state index >= 15 is 0 Å². The Labute approximate surface area is 183 Å². The number of halogens is 2. The van der Waals surface area contributed by atoms with Gasteiger partial charge in [-0.2, -0.15) is 0 Å². The van der Waals surface area contributed by atoms with Crippen LogP contribution in [0, 0.1) is 17.7 Å². The van der Waals surface area contributed by atoms with E-state index in [1.54, 1.807) is 12.1 Å². The van der Waals surface area contributed by atoms with Crippen LogP contribution in [0.3, 0.4) is 0 Å². The Kier molecular flexibility index (Phi) is 11.2. The minimum Gasteiger partial charge on any atom is -0.494 e. The molecule has 0 saturated carbocycles. The number of benzene rings is 1. The maximum absolute atomic E-state index is 12.8. The number of esters is 1. The molecule has 1 N–H and O–H groups in total. The van der Waals surface area contributed by atoms with Crippen molar-refractivity contribution in [3.8, 4) is 5.75 Å². The lowest BCUT2D eigenvalue weighted by Crippen LogP contribution is -2.40. The van der Waals surface area contributed by atoms with Gasteiger partial charge in [0.15, 0.2) is 5.96 Å². The van der Waals surface area contributed by atoms with Crippen LogP contribution in [0.4, 0.5) is 4.39 Å².